The molecule has 0 amide bonds. The highest BCUT2D eigenvalue weighted by atomic mass is 19.1. The zero-order valence-electron chi connectivity index (χ0n) is 14.0. The van der Waals surface area contributed by atoms with E-state index in [2.05, 4.69) is 31.2 Å². The molecule has 1 unspecified atom stereocenters. The number of benzene rings is 1. The third-order valence-corrected chi connectivity index (χ3v) is 4.00. The standard InChI is InChI=1S/C18H21FN4O/c1-18(2,3)16(13-7-9-14(19)10-8-13)20-12-23-17(24)22-11-5-4-6-15(22)21-23/h4-11,16,20H,12H2,1-3H3. The summed E-state index contributed by atoms with van der Waals surface area (Å²) in [4.78, 5) is 12.3. The molecule has 1 N–H and O–H groups in total. The summed E-state index contributed by atoms with van der Waals surface area (Å²) in [5, 5.41) is 7.70. The van der Waals surface area contributed by atoms with E-state index in [1.54, 1.807) is 30.5 Å². The summed E-state index contributed by atoms with van der Waals surface area (Å²) in [5.41, 5.74) is 1.28. The molecule has 2 aromatic heterocycles. The van der Waals surface area contributed by atoms with Crippen LogP contribution in [0.25, 0.3) is 5.65 Å². The van der Waals surface area contributed by atoms with Gasteiger partial charge in [0.05, 0.1) is 6.67 Å². The highest BCUT2D eigenvalue weighted by Crippen LogP contribution is 2.32. The van der Waals surface area contributed by atoms with Gasteiger partial charge in [0.15, 0.2) is 5.65 Å². The number of nitrogens with zero attached hydrogens (tertiary/aromatic N) is 3. The fourth-order valence-corrected chi connectivity index (χ4v) is 2.83. The molecule has 1 atom stereocenters. The molecule has 0 aliphatic heterocycles. The summed E-state index contributed by atoms with van der Waals surface area (Å²) < 4.78 is 16.1. The number of aromatic nitrogens is 3. The minimum absolute atomic E-state index is 0.0465. The number of fused-ring (bicyclic) bond motifs is 1. The molecule has 0 saturated heterocycles. The molecule has 126 valence electrons. The van der Waals surface area contributed by atoms with Gasteiger partial charge in [0.2, 0.25) is 0 Å². The van der Waals surface area contributed by atoms with Crippen LogP contribution in [-0.4, -0.2) is 14.2 Å². The Labute approximate surface area is 139 Å². The average Bonchev–Trinajstić information content (AvgIpc) is 2.85. The Kier molecular flexibility index (Phi) is 4.24. The first-order valence-corrected chi connectivity index (χ1v) is 7.89. The number of hydrogen-bond donors (Lipinski definition) is 1. The second-order valence-electron chi connectivity index (χ2n) is 6.92. The topological polar surface area (TPSA) is 51.3 Å². The number of halogens is 1. The van der Waals surface area contributed by atoms with Crippen molar-refractivity contribution in [2.45, 2.75) is 33.5 Å². The van der Waals surface area contributed by atoms with Crippen LogP contribution in [0.1, 0.15) is 32.4 Å². The zero-order valence-corrected chi connectivity index (χ0v) is 14.0. The molecule has 2 heterocycles. The lowest BCUT2D eigenvalue weighted by Gasteiger charge is -2.32. The van der Waals surface area contributed by atoms with Gasteiger partial charge in [0, 0.05) is 12.2 Å². The van der Waals surface area contributed by atoms with Gasteiger partial charge in [-0.05, 0) is 35.2 Å². The highest BCUT2D eigenvalue weighted by molar-refractivity contribution is 5.35. The van der Waals surface area contributed by atoms with E-state index < -0.39 is 0 Å². The molecule has 3 rings (SSSR count). The van der Waals surface area contributed by atoms with E-state index in [4.69, 9.17) is 0 Å². The van der Waals surface area contributed by atoms with Crippen LogP contribution in [0.2, 0.25) is 0 Å². The Morgan fingerprint density at radius 1 is 1.17 bits per heavy atom. The van der Waals surface area contributed by atoms with Crippen molar-refractivity contribution in [2.24, 2.45) is 5.41 Å². The molecule has 0 aliphatic carbocycles. The molecule has 5 nitrogen and oxygen atoms in total. The van der Waals surface area contributed by atoms with Gasteiger partial charge in [0.1, 0.15) is 5.82 Å². The van der Waals surface area contributed by atoms with E-state index >= 15 is 0 Å². The molecule has 0 aliphatic rings. The summed E-state index contributed by atoms with van der Waals surface area (Å²) in [6.07, 6.45) is 1.70. The highest BCUT2D eigenvalue weighted by Gasteiger charge is 2.26. The predicted octanol–water partition coefficient (Wildman–Crippen LogP) is 2.97. The summed E-state index contributed by atoms with van der Waals surface area (Å²) >= 11 is 0. The molecular weight excluding hydrogens is 307 g/mol. The van der Waals surface area contributed by atoms with Gasteiger partial charge in [-0.25, -0.2) is 9.18 Å². The normalized spacial score (nSPS) is 13.3. The maximum atomic E-state index is 13.2. The number of rotatable bonds is 4. The zero-order chi connectivity index (χ0) is 17.3. The van der Waals surface area contributed by atoms with Gasteiger partial charge in [-0.15, -0.1) is 5.10 Å². The lowest BCUT2D eigenvalue weighted by Crippen LogP contribution is -2.36. The number of hydrogen-bond acceptors (Lipinski definition) is 3. The summed E-state index contributed by atoms with van der Waals surface area (Å²) in [5.74, 6) is -0.261. The van der Waals surface area contributed by atoms with Crippen molar-refractivity contribution in [1.29, 1.82) is 0 Å². The third-order valence-electron chi connectivity index (χ3n) is 4.00. The molecule has 0 spiro atoms. The van der Waals surface area contributed by atoms with Crippen LogP contribution in [0.3, 0.4) is 0 Å². The van der Waals surface area contributed by atoms with Crippen molar-refractivity contribution >= 4 is 5.65 Å². The molecule has 0 radical (unpaired) electrons. The maximum Gasteiger partial charge on any atom is 0.351 e. The van der Waals surface area contributed by atoms with E-state index in [0.717, 1.165) is 5.56 Å². The first kappa shape index (κ1) is 16.4. The predicted molar refractivity (Wildman–Crippen MR) is 91.2 cm³/mol. The van der Waals surface area contributed by atoms with Gasteiger partial charge in [-0.1, -0.05) is 39.0 Å². The van der Waals surface area contributed by atoms with Crippen molar-refractivity contribution in [3.63, 3.8) is 0 Å². The van der Waals surface area contributed by atoms with Crippen LogP contribution in [0.15, 0.2) is 53.5 Å². The number of pyridine rings is 1. The van der Waals surface area contributed by atoms with Crippen LogP contribution in [0.4, 0.5) is 4.39 Å². The van der Waals surface area contributed by atoms with Gasteiger partial charge in [0.25, 0.3) is 0 Å². The fourth-order valence-electron chi connectivity index (χ4n) is 2.83. The second kappa shape index (κ2) is 6.20. The van der Waals surface area contributed by atoms with Crippen molar-refractivity contribution in [1.82, 2.24) is 19.5 Å². The molecule has 0 fully saturated rings. The number of nitrogens with one attached hydrogen (secondary N) is 1. The van der Waals surface area contributed by atoms with E-state index in [9.17, 15) is 9.18 Å². The van der Waals surface area contributed by atoms with Crippen LogP contribution >= 0.6 is 0 Å². The first-order chi connectivity index (χ1) is 11.4. The molecule has 24 heavy (non-hydrogen) atoms. The Morgan fingerprint density at radius 2 is 1.88 bits per heavy atom. The first-order valence-electron chi connectivity index (χ1n) is 7.89. The monoisotopic (exact) mass is 328 g/mol. The summed E-state index contributed by atoms with van der Waals surface area (Å²) in [6.45, 7) is 6.57. The molecule has 0 bridgehead atoms. The van der Waals surface area contributed by atoms with Crippen LogP contribution in [0, 0.1) is 11.2 Å². The Balaban J connectivity index is 1.86. The lowest BCUT2D eigenvalue weighted by molar-refractivity contribution is 0.250. The minimum Gasteiger partial charge on any atom is -0.291 e. The third kappa shape index (κ3) is 3.23. The summed E-state index contributed by atoms with van der Waals surface area (Å²) in [7, 11) is 0. The van der Waals surface area contributed by atoms with Crippen LogP contribution < -0.4 is 11.0 Å². The van der Waals surface area contributed by atoms with Crippen LogP contribution in [0.5, 0.6) is 0 Å². The van der Waals surface area contributed by atoms with Crippen molar-refractivity contribution in [2.75, 3.05) is 0 Å². The largest absolute Gasteiger partial charge is 0.351 e. The van der Waals surface area contributed by atoms with E-state index in [1.807, 2.05) is 6.07 Å². The molecule has 6 heteroatoms. The molecule has 0 saturated carbocycles. The average molecular weight is 328 g/mol. The SMILES string of the molecule is CC(C)(C)C(NCn1nc2ccccn2c1=O)c1ccc(F)cc1. The lowest BCUT2D eigenvalue weighted by atomic mass is 9.82. The molecule has 3 aromatic rings. The van der Waals surface area contributed by atoms with Gasteiger partial charge in [-0.3, -0.25) is 9.72 Å². The maximum absolute atomic E-state index is 13.2. The van der Waals surface area contributed by atoms with Gasteiger partial charge in [-0.2, -0.15) is 4.68 Å². The molecule has 1 aromatic carbocycles. The second-order valence-corrected chi connectivity index (χ2v) is 6.92. The fraction of sp³-hybridized carbons (Fsp3) is 0.333. The Morgan fingerprint density at radius 3 is 2.50 bits per heavy atom. The van der Waals surface area contributed by atoms with Crippen molar-refractivity contribution in [3.8, 4) is 0 Å². The van der Waals surface area contributed by atoms with E-state index in [1.165, 1.54) is 21.2 Å². The quantitative estimate of drug-likeness (QED) is 0.801. The molecular formula is C18H21FN4O. The minimum atomic E-state index is -0.261. The van der Waals surface area contributed by atoms with Gasteiger partial charge >= 0.3 is 5.69 Å². The Bertz CT molecular complexity index is 890. The van der Waals surface area contributed by atoms with Crippen LogP contribution in [-0.2, 0) is 6.67 Å². The Hall–Kier alpha value is -2.47. The van der Waals surface area contributed by atoms with Crippen molar-refractivity contribution < 1.29 is 4.39 Å². The van der Waals surface area contributed by atoms with E-state index in [-0.39, 0.29) is 29.6 Å². The van der Waals surface area contributed by atoms with Gasteiger partial charge < -0.3 is 0 Å². The van der Waals surface area contributed by atoms with Crippen molar-refractivity contribution in [3.05, 3.63) is 70.5 Å². The smallest absolute Gasteiger partial charge is 0.291 e. The summed E-state index contributed by atoms with van der Waals surface area (Å²) in [6, 6.07) is 11.8. The van der Waals surface area contributed by atoms with E-state index in [0.29, 0.717) is 5.65 Å².